The minimum atomic E-state index is -0.647. The number of hydrogen-bond donors (Lipinski definition) is 2. The van der Waals surface area contributed by atoms with Gasteiger partial charge < -0.3 is 15.4 Å². The maximum Gasteiger partial charge on any atom is 0.266 e. The molecule has 0 heterocycles. The summed E-state index contributed by atoms with van der Waals surface area (Å²) < 4.78 is 18.7. The predicted octanol–water partition coefficient (Wildman–Crippen LogP) is 5.01. The van der Waals surface area contributed by atoms with E-state index >= 15 is 0 Å². The van der Waals surface area contributed by atoms with E-state index in [1.165, 1.54) is 30.3 Å². The topological polar surface area (TPSA) is 91.2 Å². The second-order valence-corrected chi connectivity index (χ2v) is 7.30. The third-order valence-electron chi connectivity index (χ3n) is 4.84. The Morgan fingerprint density at radius 2 is 1.67 bits per heavy atom. The number of ether oxygens (including phenoxy) is 1. The smallest absolute Gasteiger partial charge is 0.266 e. The number of carbonyl (C=O) groups excluding carboxylic acids is 2. The van der Waals surface area contributed by atoms with Crippen LogP contribution in [-0.4, -0.2) is 18.4 Å². The molecule has 0 aliphatic heterocycles. The zero-order valence-corrected chi connectivity index (χ0v) is 18.2. The summed E-state index contributed by atoms with van der Waals surface area (Å²) in [5.41, 5.74) is 3.50. The van der Waals surface area contributed by atoms with Crippen molar-refractivity contribution in [3.8, 4) is 11.8 Å². The van der Waals surface area contributed by atoms with Crippen LogP contribution in [-0.2, 0) is 9.59 Å². The van der Waals surface area contributed by atoms with Gasteiger partial charge in [-0.1, -0.05) is 24.3 Å². The highest BCUT2D eigenvalue weighted by Gasteiger charge is 2.12. The first-order chi connectivity index (χ1) is 15.9. The van der Waals surface area contributed by atoms with Crippen LogP contribution in [0.25, 0.3) is 6.08 Å². The Morgan fingerprint density at radius 1 is 0.970 bits per heavy atom. The van der Waals surface area contributed by atoms with Gasteiger partial charge in [0.1, 0.15) is 23.2 Å². The minimum absolute atomic E-state index is 0.171. The molecular formula is C26H22FN3O3. The van der Waals surface area contributed by atoms with E-state index in [0.717, 1.165) is 11.1 Å². The number of nitrogens with one attached hydrogen (secondary N) is 2. The van der Waals surface area contributed by atoms with E-state index in [1.54, 1.807) is 24.3 Å². The molecule has 2 amide bonds. The van der Waals surface area contributed by atoms with Gasteiger partial charge in [-0.05, 0) is 73.5 Å². The van der Waals surface area contributed by atoms with Gasteiger partial charge in [-0.15, -0.1) is 0 Å². The zero-order chi connectivity index (χ0) is 23.8. The summed E-state index contributed by atoms with van der Waals surface area (Å²) in [7, 11) is 0. The van der Waals surface area contributed by atoms with E-state index in [4.69, 9.17) is 4.74 Å². The number of nitrogens with zero attached hydrogens (tertiary/aromatic N) is 1. The lowest BCUT2D eigenvalue weighted by Gasteiger charge is -2.11. The number of amides is 2. The number of carbonyl (C=O) groups is 2. The Labute approximate surface area is 191 Å². The maximum atomic E-state index is 13.0. The van der Waals surface area contributed by atoms with Crippen LogP contribution in [0.4, 0.5) is 15.8 Å². The number of hydrogen-bond acceptors (Lipinski definition) is 4. The molecule has 33 heavy (non-hydrogen) atoms. The average Bonchev–Trinajstić information content (AvgIpc) is 2.80. The Kier molecular flexibility index (Phi) is 7.55. The molecule has 0 unspecified atom stereocenters. The van der Waals surface area contributed by atoms with Gasteiger partial charge in [0.15, 0.2) is 6.61 Å². The van der Waals surface area contributed by atoms with Gasteiger partial charge in [-0.25, -0.2) is 4.39 Å². The molecule has 166 valence electrons. The predicted molar refractivity (Wildman–Crippen MR) is 125 cm³/mol. The van der Waals surface area contributed by atoms with Crippen molar-refractivity contribution in [2.45, 2.75) is 13.8 Å². The number of nitriles is 1. The minimum Gasteiger partial charge on any atom is -0.483 e. The number of anilines is 2. The molecule has 0 aliphatic rings. The fourth-order valence-electron chi connectivity index (χ4n) is 2.93. The normalized spacial score (nSPS) is 10.8. The van der Waals surface area contributed by atoms with Gasteiger partial charge in [0, 0.05) is 16.9 Å². The lowest BCUT2D eigenvalue weighted by Crippen LogP contribution is -2.20. The quantitative estimate of drug-likeness (QED) is 0.397. The van der Waals surface area contributed by atoms with Crippen LogP contribution < -0.4 is 15.4 Å². The maximum absolute atomic E-state index is 13.0. The molecule has 0 saturated carbocycles. The monoisotopic (exact) mass is 443 g/mol. The van der Waals surface area contributed by atoms with Gasteiger partial charge in [0.05, 0.1) is 0 Å². The molecule has 0 bridgehead atoms. The van der Waals surface area contributed by atoms with Gasteiger partial charge in [-0.2, -0.15) is 5.26 Å². The molecule has 0 atom stereocenters. The van der Waals surface area contributed by atoms with Gasteiger partial charge >= 0.3 is 0 Å². The van der Waals surface area contributed by atoms with E-state index in [1.807, 2.05) is 38.1 Å². The third-order valence-corrected chi connectivity index (χ3v) is 4.84. The van der Waals surface area contributed by atoms with Crippen molar-refractivity contribution in [1.82, 2.24) is 0 Å². The van der Waals surface area contributed by atoms with Gasteiger partial charge in [-0.3, -0.25) is 9.59 Å². The fourth-order valence-corrected chi connectivity index (χ4v) is 2.93. The van der Waals surface area contributed by atoms with Crippen LogP contribution in [0.3, 0.4) is 0 Å². The zero-order valence-electron chi connectivity index (χ0n) is 18.2. The summed E-state index contributed by atoms with van der Waals surface area (Å²) in [6, 6.07) is 19.4. The molecule has 0 saturated heterocycles. The van der Waals surface area contributed by atoms with E-state index in [2.05, 4.69) is 10.6 Å². The Balaban J connectivity index is 1.69. The Bertz CT molecular complexity index is 1240. The summed E-state index contributed by atoms with van der Waals surface area (Å²) >= 11 is 0. The number of aryl methyl sites for hydroxylation is 2. The molecule has 6 nitrogen and oxygen atoms in total. The van der Waals surface area contributed by atoms with E-state index in [9.17, 15) is 19.2 Å². The molecule has 7 heteroatoms. The van der Waals surface area contributed by atoms with Crippen molar-refractivity contribution in [1.29, 1.82) is 5.26 Å². The van der Waals surface area contributed by atoms with Crippen molar-refractivity contribution in [2.75, 3.05) is 17.2 Å². The molecule has 2 N–H and O–H groups in total. The molecule has 0 aliphatic carbocycles. The highest BCUT2D eigenvalue weighted by molar-refractivity contribution is 6.09. The van der Waals surface area contributed by atoms with Crippen molar-refractivity contribution >= 4 is 29.3 Å². The van der Waals surface area contributed by atoms with Crippen LogP contribution in [0.5, 0.6) is 5.75 Å². The summed E-state index contributed by atoms with van der Waals surface area (Å²) in [4.78, 5) is 24.8. The molecule has 0 spiro atoms. The lowest BCUT2D eigenvalue weighted by molar-refractivity contribution is -0.118. The van der Waals surface area contributed by atoms with Crippen LogP contribution in [0, 0.1) is 31.0 Å². The largest absolute Gasteiger partial charge is 0.483 e. The second-order valence-electron chi connectivity index (χ2n) is 7.30. The molecule has 0 radical (unpaired) electrons. The van der Waals surface area contributed by atoms with Gasteiger partial charge in [0.2, 0.25) is 0 Å². The first-order valence-electron chi connectivity index (χ1n) is 10.1. The Hall–Kier alpha value is -4.44. The van der Waals surface area contributed by atoms with Crippen LogP contribution >= 0.6 is 0 Å². The molecule has 3 aromatic carbocycles. The highest BCUT2D eigenvalue weighted by Crippen LogP contribution is 2.22. The molecule has 0 fully saturated rings. The number of rotatable bonds is 7. The number of halogens is 1. The van der Waals surface area contributed by atoms with Gasteiger partial charge in [0.25, 0.3) is 11.8 Å². The van der Waals surface area contributed by atoms with E-state index < -0.39 is 11.7 Å². The fraction of sp³-hybridized carbons (Fsp3) is 0.115. The van der Waals surface area contributed by atoms with Crippen LogP contribution in [0.1, 0.15) is 16.7 Å². The first-order valence-corrected chi connectivity index (χ1v) is 10.1. The van der Waals surface area contributed by atoms with Crippen LogP contribution in [0.2, 0.25) is 0 Å². The van der Waals surface area contributed by atoms with Crippen molar-refractivity contribution in [2.24, 2.45) is 0 Å². The number of para-hydroxylation sites is 1. The van der Waals surface area contributed by atoms with Crippen molar-refractivity contribution in [3.05, 3.63) is 94.8 Å². The van der Waals surface area contributed by atoms with Crippen molar-refractivity contribution in [3.63, 3.8) is 0 Å². The third kappa shape index (κ3) is 6.52. The van der Waals surface area contributed by atoms with E-state index in [0.29, 0.717) is 22.7 Å². The average molecular weight is 443 g/mol. The first kappa shape index (κ1) is 23.2. The molecule has 3 rings (SSSR count). The molecular weight excluding hydrogens is 421 g/mol. The molecule has 0 aromatic heterocycles. The second kappa shape index (κ2) is 10.7. The SMILES string of the molecule is Cc1ccc(NC(=O)COc2ccccc2/C=C(\C#N)C(=O)Nc2ccc(F)cc2)cc1C. The standard InChI is InChI=1S/C26H22FN3O3/c1-17-7-10-23(13-18(17)2)29-25(31)16-33-24-6-4-3-5-19(24)14-20(15-28)26(32)30-22-11-8-21(27)9-12-22/h3-14H,16H2,1-2H3,(H,29,31)(H,30,32)/b20-14+. The highest BCUT2D eigenvalue weighted by atomic mass is 19.1. The molecule has 3 aromatic rings. The summed E-state index contributed by atoms with van der Waals surface area (Å²) in [5, 5.41) is 14.8. The lowest BCUT2D eigenvalue weighted by atomic mass is 10.1. The summed E-state index contributed by atoms with van der Waals surface area (Å²) in [5.74, 6) is -1.08. The number of benzene rings is 3. The van der Waals surface area contributed by atoms with E-state index in [-0.39, 0.29) is 18.1 Å². The summed E-state index contributed by atoms with van der Waals surface area (Å²) in [6.45, 7) is 3.70. The van der Waals surface area contributed by atoms with Crippen LogP contribution in [0.15, 0.2) is 72.3 Å². The van der Waals surface area contributed by atoms with Crippen molar-refractivity contribution < 1.29 is 18.7 Å². The summed E-state index contributed by atoms with van der Waals surface area (Å²) in [6.07, 6.45) is 1.37. The Morgan fingerprint density at radius 3 is 2.36 bits per heavy atom.